The van der Waals surface area contributed by atoms with Gasteiger partial charge >= 0.3 is 0 Å². The van der Waals surface area contributed by atoms with E-state index in [0.29, 0.717) is 23.6 Å². The summed E-state index contributed by atoms with van der Waals surface area (Å²) in [6.07, 6.45) is 5.65. The molecule has 0 aliphatic rings. The van der Waals surface area contributed by atoms with Crippen molar-refractivity contribution in [2.24, 2.45) is 0 Å². The van der Waals surface area contributed by atoms with Crippen molar-refractivity contribution in [3.63, 3.8) is 0 Å². The highest BCUT2D eigenvalue weighted by atomic mass is 16.6. The van der Waals surface area contributed by atoms with E-state index in [2.05, 4.69) is 12.2 Å². The summed E-state index contributed by atoms with van der Waals surface area (Å²) in [6, 6.07) is 26.9. The first-order chi connectivity index (χ1) is 19.4. The Labute approximate surface area is 232 Å². The van der Waals surface area contributed by atoms with E-state index in [0.717, 1.165) is 30.5 Å². The molecule has 4 rings (SSSR count). The molecule has 0 radical (unpaired) electrons. The summed E-state index contributed by atoms with van der Waals surface area (Å²) in [5.41, 5.74) is 3.05. The topological polar surface area (TPSA) is 110 Å². The van der Waals surface area contributed by atoms with E-state index < -0.39 is 4.92 Å². The van der Waals surface area contributed by atoms with E-state index in [1.165, 1.54) is 23.1 Å². The molecule has 0 spiro atoms. The second-order valence-electron chi connectivity index (χ2n) is 9.23. The van der Waals surface area contributed by atoms with Crippen molar-refractivity contribution in [2.45, 2.75) is 26.2 Å². The summed E-state index contributed by atoms with van der Waals surface area (Å²) in [5, 5.41) is 18.6. The number of benzene rings is 3. The summed E-state index contributed by atoms with van der Waals surface area (Å²) in [7, 11) is 0. The fourth-order valence-electron chi connectivity index (χ4n) is 4.14. The zero-order valence-electron chi connectivity index (χ0n) is 22.3. The number of nitro benzene ring substituents is 1. The fraction of sp³-hybridized carbons (Fsp3) is 0.194. The van der Waals surface area contributed by atoms with Gasteiger partial charge < -0.3 is 10.2 Å². The van der Waals surface area contributed by atoms with E-state index in [4.69, 9.17) is 5.10 Å². The minimum Gasteiger partial charge on any atom is -0.330 e. The van der Waals surface area contributed by atoms with Gasteiger partial charge in [-0.3, -0.25) is 19.7 Å². The molecule has 3 aromatic carbocycles. The predicted octanol–water partition coefficient (Wildman–Crippen LogP) is 6.12. The molecular weight excluding hydrogens is 506 g/mol. The van der Waals surface area contributed by atoms with Crippen LogP contribution in [0, 0.1) is 10.1 Å². The van der Waals surface area contributed by atoms with Crippen LogP contribution in [0.2, 0.25) is 0 Å². The van der Waals surface area contributed by atoms with E-state index in [9.17, 15) is 19.7 Å². The molecule has 0 unspecified atom stereocenters. The Bertz CT molecular complexity index is 1460. The molecular formula is C31H31N5O4. The Morgan fingerprint density at radius 1 is 0.975 bits per heavy atom. The highest BCUT2D eigenvalue weighted by Gasteiger charge is 2.18. The molecule has 40 heavy (non-hydrogen) atoms. The molecule has 9 heteroatoms. The first-order valence-electron chi connectivity index (χ1n) is 13.2. The van der Waals surface area contributed by atoms with Crippen molar-refractivity contribution < 1.29 is 14.5 Å². The number of hydrogen-bond donors (Lipinski definition) is 1. The molecule has 4 aromatic rings. The van der Waals surface area contributed by atoms with Crippen molar-refractivity contribution in [2.75, 3.05) is 18.4 Å². The summed E-state index contributed by atoms with van der Waals surface area (Å²) >= 11 is 0. The number of hydrogen-bond acceptors (Lipinski definition) is 5. The lowest BCUT2D eigenvalue weighted by Gasteiger charge is -2.21. The summed E-state index contributed by atoms with van der Waals surface area (Å²) in [4.78, 5) is 38.2. The van der Waals surface area contributed by atoms with Crippen LogP contribution >= 0.6 is 0 Å². The van der Waals surface area contributed by atoms with Crippen LogP contribution in [0.15, 0.2) is 97.1 Å². The van der Waals surface area contributed by atoms with Crippen LogP contribution < -0.4 is 5.32 Å². The van der Waals surface area contributed by atoms with Gasteiger partial charge in [0.25, 0.3) is 5.69 Å². The van der Waals surface area contributed by atoms with E-state index >= 15 is 0 Å². The van der Waals surface area contributed by atoms with Gasteiger partial charge in [-0.15, -0.1) is 0 Å². The first-order valence-corrected chi connectivity index (χ1v) is 13.2. The maximum absolute atomic E-state index is 13.2. The Balaban J connectivity index is 1.51. The van der Waals surface area contributed by atoms with Crippen LogP contribution in [-0.2, 0) is 9.59 Å². The third-order valence-corrected chi connectivity index (χ3v) is 6.25. The summed E-state index contributed by atoms with van der Waals surface area (Å²) in [5.74, 6) is -0.158. The van der Waals surface area contributed by atoms with Gasteiger partial charge in [-0.1, -0.05) is 68.3 Å². The lowest BCUT2D eigenvalue weighted by atomic mass is 10.1. The van der Waals surface area contributed by atoms with Crippen LogP contribution in [-0.4, -0.2) is 44.5 Å². The monoisotopic (exact) mass is 537 g/mol. The van der Waals surface area contributed by atoms with Crippen LogP contribution in [0.3, 0.4) is 0 Å². The van der Waals surface area contributed by atoms with Crippen LogP contribution in [0.5, 0.6) is 0 Å². The molecule has 2 amide bonds. The standard InChI is InChI=1S/C31H31N5O4/c1-2-3-10-21-34(31(38)20-17-24-15-18-27(19-16-24)36(39)40)23-30(37)32-29-22-28(25-11-6-4-7-12-25)33-35(29)26-13-8-5-9-14-26/h4-9,11-20,22H,2-3,10,21,23H2,1H3,(H,32,37). The van der Waals surface area contributed by atoms with Crippen molar-refractivity contribution in [1.82, 2.24) is 14.7 Å². The Hall–Kier alpha value is -5.05. The number of rotatable bonds is 12. The molecule has 1 aromatic heterocycles. The van der Waals surface area contributed by atoms with E-state index in [1.807, 2.05) is 66.7 Å². The molecule has 0 saturated heterocycles. The average Bonchev–Trinajstić information content (AvgIpc) is 3.40. The van der Waals surface area contributed by atoms with Gasteiger partial charge in [0.05, 0.1) is 16.3 Å². The van der Waals surface area contributed by atoms with Gasteiger partial charge in [0.1, 0.15) is 12.4 Å². The van der Waals surface area contributed by atoms with Gasteiger partial charge in [0.15, 0.2) is 0 Å². The van der Waals surface area contributed by atoms with Crippen molar-refractivity contribution >= 4 is 29.4 Å². The smallest absolute Gasteiger partial charge is 0.269 e. The van der Waals surface area contributed by atoms with E-state index in [-0.39, 0.29) is 24.0 Å². The number of anilines is 1. The van der Waals surface area contributed by atoms with Crippen LogP contribution in [0.25, 0.3) is 23.0 Å². The number of carbonyl (C=O) groups is 2. The number of carbonyl (C=O) groups excluding carboxylic acids is 2. The van der Waals surface area contributed by atoms with Crippen LogP contribution in [0.4, 0.5) is 11.5 Å². The number of nitrogens with one attached hydrogen (secondary N) is 1. The number of para-hydroxylation sites is 1. The number of unbranched alkanes of at least 4 members (excludes halogenated alkanes) is 2. The SMILES string of the molecule is CCCCCN(CC(=O)Nc1cc(-c2ccccc2)nn1-c1ccccc1)C(=O)C=Cc1ccc([N+](=O)[O-])cc1. The molecule has 0 saturated carbocycles. The molecule has 0 bridgehead atoms. The lowest BCUT2D eigenvalue weighted by molar-refractivity contribution is -0.384. The fourth-order valence-corrected chi connectivity index (χ4v) is 4.14. The van der Waals surface area contributed by atoms with Crippen molar-refractivity contribution in [3.05, 3.63) is 113 Å². The predicted molar refractivity (Wildman–Crippen MR) is 156 cm³/mol. The zero-order valence-corrected chi connectivity index (χ0v) is 22.3. The molecule has 0 aliphatic carbocycles. The summed E-state index contributed by atoms with van der Waals surface area (Å²) in [6.45, 7) is 2.37. The van der Waals surface area contributed by atoms with Crippen molar-refractivity contribution in [1.29, 1.82) is 0 Å². The Kier molecular flexibility index (Phi) is 9.55. The van der Waals surface area contributed by atoms with Crippen molar-refractivity contribution in [3.8, 4) is 16.9 Å². The largest absolute Gasteiger partial charge is 0.330 e. The molecule has 204 valence electrons. The van der Waals surface area contributed by atoms with Crippen LogP contribution in [0.1, 0.15) is 31.7 Å². The van der Waals surface area contributed by atoms with Gasteiger partial charge in [0.2, 0.25) is 11.8 Å². The molecule has 0 atom stereocenters. The highest BCUT2D eigenvalue weighted by molar-refractivity contribution is 5.98. The number of aromatic nitrogens is 2. The second-order valence-corrected chi connectivity index (χ2v) is 9.23. The maximum atomic E-state index is 13.2. The zero-order chi connectivity index (χ0) is 28.3. The first kappa shape index (κ1) is 28.0. The molecule has 0 aliphatic heterocycles. The lowest BCUT2D eigenvalue weighted by Crippen LogP contribution is -2.38. The number of nitrogens with zero attached hydrogens (tertiary/aromatic N) is 4. The molecule has 1 heterocycles. The van der Waals surface area contributed by atoms with Gasteiger partial charge in [-0.2, -0.15) is 5.10 Å². The number of nitro groups is 1. The van der Waals surface area contributed by atoms with Gasteiger partial charge in [0, 0.05) is 36.4 Å². The average molecular weight is 538 g/mol. The quantitative estimate of drug-likeness (QED) is 0.101. The van der Waals surface area contributed by atoms with Gasteiger partial charge in [-0.05, 0) is 42.3 Å². The summed E-state index contributed by atoms with van der Waals surface area (Å²) < 4.78 is 1.68. The number of amides is 2. The molecule has 1 N–H and O–H groups in total. The third kappa shape index (κ3) is 7.50. The minimum absolute atomic E-state index is 0.0218. The third-order valence-electron chi connectivity index (χ3n) is 6.25. The highest BCUT2D eigenvalue weighted by Crippen LogP contribution is 2.25. The van der Waals surface area contributed by atoms with E-state index in [1.54, 1.807) is 22.9 Å². The molecule has 9 nitrogen and oxygen atoms in total. The Morgan fingerprint density at radius 3 is 2.30 bits per heavy atom. The second kappa shape index (κ2) is 13.7. The van der Waals surface area contributed by atoms with Gasteiger partial charge in [-0.25, -0.2) is 4.68 Å². The number of non-ortho nitro benzene ring substituents is 1. The maximum Gasteiger partial charge on any atom is 0.269 e. The minimum atomic E-state index is -0.473. The Morgan fingerprint density at radius 2 is 1.65 bits per heavy atom. The molecule has 0 fully saturated rings. The normalized spacial score (nSPS) is 10.9.